The Labute approximate surface area is 356 Å². The first-order valence-corrected chi connectivity index (χ1v) is 22.0. The van der Waals surface area contributed by atoms with Crippen LogP contribution in [-0.4, -0.2) is 67.8 Å². The molecule has 2 aliphatic carbocycles. The highest BCUT2D eigenvalue weighted by atomic mass is 32.2. The summed E-state index contributed by atoms with van der Waals surface area (Å²) in [7, 11) is -14.9. The molecule has 21 nitrogen and oxygen atoms in total. The highest BCUT2D eigenvalue weighted by Crippen LogP contribution is 2.41. The fraction of sp³-hybridized carbons (Fsp3) is 0. The number of ketones is 2. The van der Waals surface area contributed by atoms with Crippen LogP contribution in [0.4, 0.5) is 39.8 Å². The van der Waals surface area contributed by atoms with Gasteiger partial charge in [-0.25, -0.2) is 0 Å². The Hall–Kier alpha value is -7.74. The molecule has 0 aromatic heterocycles. The van der Waals surface area contributed by atoms with Crippen molar-refractivity contribution in [1.82, 2.24) is 0 Å². The van der Waals surface area contributed by atoms with Crippen molar-refractivity contribution in [3.05, 3.63) is 136 Å². The van der Waals surface area contributed by atoms with Crippen LogP contribution < -0.4 is 27.6 Å². The SMILES string of the molecule is Nc1ccc(S(=O)(=O)O)c2c1C(=O)/C(=N\Nc1ccc(NC(=O)c3ccc(N=Nc4c(S(=O)(=O)O)cc5c(c4N)C(=O)/C(=N/Nc4ccccc4)C(S(=O)(=O)O)=C5)cc3)cc1)C=C2. The van der Waals surface area contributed by atoms with Crippen LogP contribution in [0.5, 0.6) is 0 Å². The summed E-state index contributed by atoms with van der Waals surface area (Å²) in [5.74, 6) is -2.38. The number of nitrogens with one attached hydrogen (secondary N) is 3. The Morgan fingerprint density at radius 2 is 1.24 bits per heavy atom. The number of rotatable bonds is 11. The Morgan fingerprint density at radius 1 is 0.619 bits per heavy atom. The number of amides is 1. The van der Waals surface area contributed by atoms with Crippen molar-refractivity contribution in [3.63, 3.8) is 0 Å². The zero-order valence-corrected chi connectivity index (χ0v) is 34.1. The fourth-order valence-electron chi connectivity index (χ4n) is 6.19. The number of carbonyl (C=O) groups is 3. The van der Waals surface area contributed by atoms with Crippen LogP contribution in [0.1, 0.15) is 42.2 Å². The zero-order valence-electron chi connectivity index (χ0n) is 31.7. The van der Waals surface area contributed by atoms with E-state index in [1.165, 1.54) is 54.6 Å². The number of hydrogen-bond donors (Lipinski definition) is 8. The van der Waals surface area contributed by atoms with Gasteiger partial charge >= 0.3 is 0 Å². The van der Waals surface area contributed by atoms with Crippen LogP contribution in [0.2, 0.25) is 0 Å². The molecule has 0 heterocycles. The van der Waals surface area contributed by atoms with Crippen molar-refractivity contribution in [1.29, 1.82) is 0 Å². The number of para-hydroxylation sites is 1. The molecule has 7 rings (SSSR count). The summed E-state index contributed by atoms with van der Waals surface area (Å²) in [5.41, 5.74) is 15.4. The number of fused-ring (bicyclic) bond motifs is 2. The monoisotopic (exact) mass is 911 g/mol. The lowest BCUT2D eigenvalue weighted by molar-refractivity contribution is 0.102. The second-order valence-corrected chi connectivity index (χ2v) is 17.5. The van der Waals surface area contributed by atoms with Crippen molar-refractivity contribution in [3.8, 4) is 0 Å². The summed E-state index contributed by atoms with van der Waals surface area (Å²) in [4.78, 5) is 37.4. The van der Waals surface area contributed by atoms with E-state index in [1.54, 1.807) is 42.5 Å². The molecule has 0 saturated carbocycles. The number of Topliss-reactive ketones (excluding diaryl/α,β-unsaturated/α-hetero) is 2. The maximum atomic E-state index is 13.7. The van der Waals surface area contributed by atoms with Crippen LogP contribution in [0.15, 0.2) is 138 Å². The van der Waals surface area contributed by atoms with Gasteiger partial charge in [-0.15, -0.1) is 5.11 Å². The first-order valence-electron chi connectivity index (χ1n) is 17.7. The lowest BCUT2D eigenvalue weighted by Crippen LogP contribution is -2.28. The van der Waals surface area contributed by atoms with Gasteiger partial charge in [-0.2, -0.15) is 40.6 Å². The molecule has 2 aliphatic rings. The summed E-state index contributed by atoms with van der Waals surface area (Å²) in [6.45, 7) is 0. The van der Waals surface area contributed by atoms with E-state index in [-0.39, 0.29) is 33.8 Å². The molecule has 0 saturated heterocycles. The van der Waals surface area contributed by atoms with E-state index in [9.17, 15) is 53.3 Å². The van der Waals surface area contributed by atoms with Crippen LogP contribution in [0.3, 0.4) is 0 Å². The number of nitrogen functional groups attached to an aromatic ring is 2. The molecule has 0 atom stereocenters. The summed E-state index contributed by atoms with van der Waals surface area (Å²) in [6, 6.07) is 22.6. The second-order valence-electron chi connectivity index (χ2n) is 13.3. The number of anilines is 5. The van der Waals surface area contributed by atoms with Crippen molar-refractivity contribution in [2.45, 2.75) is 9.79 Å². The topological polar surface area (TPSA) is 352 Å². The molecular formula is C39H29N9O12S3. The van der Waals surface area contributed by atoms with Crippen LogP contribution in [0, 0.1) is 0 Å². The third-order valence-electron chi connectivity index (χ3n) is 9.15. The molecular weight excluding hydrogens is 883 g/mol. The quantitative estimate of drug-likeness (QED) is 0.0347. The highest BCUT2D eigenvalue weighted by Gasteiger charge is 2.37. The van der Waals surface area contributed by atoms with Crippen molar-refractivity contribution in [2.24, 2.45) is 20.4 Å². The van der Waals surface area contributed by atoms with Gasteiger partial charge in [0.2, 0.25) is 11.6 Å². The number of azo groups is 1. The molecule has 5 aromatic rings. The number of hydrazone groups is 2. The van der Waals surface area contributed by atoms with E-state index in [4.69, 9.17) is 11.5 Å². The molecule has 24 heteroatoms. The molecule has 0 fully saturated rings. The van der Waals surface area contributed by atoms with Crippen LogP contribution in [-0.2, 0) is 30.4 Å². The number of carbonyl (C=O) groups excluding carboxylic acids is 3. The summed E-state index contributed by atoms with van der Waals surface area (Å²) < 4.78 is 103. The van der Waals surface area contributed by atoms with E-state index < -0.39 is 90.7 Å². The van der Waals surface area contributed by atoms with Gasteiger partial charge in [-0.3, -0.25) is 38.9 Å². The zero-order chi connectivity index (χ0) is 45.4. The van der Waals surface area contributed by atoms with Crippen LogP contribution in [0.25, 0.3) is 12.2 Å². The average molecular weight is 912 g/mol. The summed E-state index contributed by atoms with van der Waals surface area (Å²) in [5, 5.41) is 18.5. The molecule has 10 N–H and O–H groups in total. The van der Waals surface area contributed by atoms with Gasteiger partial charge in [0.1, 0.15) is 26.1 Å². The van der Waals surface area contributed by atoms with E-state index in [2.05, 4.69) is 36.6 Å². The highest BCUT2D eigenvalue weighted by molar-refractivity contribution is 7.91. The third-order valence-corrected chi connectivity index (χ3v) is 11.8. The largest absolute Gasteiger partial charge is 0.398 e. The lowest BCUT2D eigenvalue weighted by Gasteiger charge is -2.20. The maximum absolute atomic E-state index is 13.7. The van der Waals surface area contributed by atoms with E-state index in [0.717, 1.165) is 18.2 Å². The molecule has 5 aromatic carbocycles. The molecule has 0 aliphatic heterocycles. The molecule has 320 valence electrons. The van der Waals surface area contributed by atoms with Crippen LogP contribution >= 0.6 is 0 Å². The third kappa shape index (κ3) is 9.15. The number of benzene rings is 5. The van der Waals surface area contributed by atoms with Gasteiger partial charge in [-0.05, 0) is 96.6 Å². The summed E-state index contributed by atoms with van der Waals surface area (Å²) in [6.07, 6.45) is 3.32. The fourth-order valence-corrected chi connectivity index (χ4v) is 8.21. The number of nitrogens with two attached hydrogens (primary N) is 2. The first-order chi connectivity index (χ1) is 29.7. The van der Waals surface area contributed by atoms with Gasteiger partial charge in [0.05, 0.1) is 33.9 Å². The molecule has 0 radical (unpaired) electrons. The minimum atomic E-state index is -5.14. The van der Waals surface area contributed by atoms with Gasteiger partial charge < -0.3 is 16.8 Å². The van der Waals surface area contributed by atoms with Gasteiger partial charge in [0.25, 0.3) is 36.3 Å². The van der Waals surface area contributed by atoms with Gasteiger partial charge in [-0.1, -0.05) is 24.3 Å². The standard InChI is InChI=1S/C39H29N9O12S3/c40-27-15-17-29(61(52,53)54)26-14-16-28(37(49)33(26)27)46-43-25-12-10-22(11-13-25)42-39(51)20-6-8-24(9-7-20)45-47-35-30(62(55,56)57)18-21-19-31(63(58,59)60)36(38(50)32(21)34(35)41)48-44-23-4-2-1-3-5-23/h1-19,43-44H,40-41H2,(H,42,51)(H,52,53,54)(H,55,56,57)(H,58,59,60)/b46-28-,47-45?,48-36+. The normalized spacial score (nSPS) is 15.3. The van der Waals surface area contributed by atoms with Gasteiger partial charge in [0, 0.05) is 22.5 Å². The molecule has 1 amide bonds. The predicted molar refractivity (Wildman–Crippen MR) is 232 cm³/mol. The number of allylic oxidation sites excluding steroid dienone is 2. The van der Waals surface area contributed by atoms with Gasteiger partial charge in [0.15, 0.2) is 5.71 Å². The first kappa shape index (κ1) is 43.4. The van der Waals surface area contributed by atoms with Crippen molar-refractivity contribution in [2.75, 3.05) is 27.6 Å². The molecule has 0 unspecified atom stereocenters. The summed E-state index contributed by atoms with van der Waals surface area (Å²) >= 11 is 0. The molecule has 0 spiro atoms. The Morgan fingerprint density at radius 3 is 1.87 bits per heavy atom. The smallest absolute Gasteiger partial charge is 0.296 e. The minimum absolute atomic E-state index is 0.0127. The maximum Gasteiger partial charge on any atom is 0.296 e. The number of nitrogens with zero attached hydrogens (tertiary/aromatic N) is 4. The van der Waals surface area contributed by atoms with E-state index in [0.29, 0.717) is 17.1 Å². The Kier molecular flexibility index (Phi) is 11.4. The molecule has 0 bridgehead atoms. The van der Waals surface area contributed by atoms with Crippen molar-refractivity contribution < 1.29 is 53.3 Å². The minimum Gasteiger partial charge on any atom is -0.398 e. The Bertz CT molecular complexity index is 3280. The average Bonchev–Trinajstić information content (AvgIpc) is 3.22. The second kappa shape index (κ2) is 16.6. The lowest BCUT2D eigenvalue weighted by atomic mass is 9.92. The van der Waals surface area contributed by atoms with E-state index >= 15 is 0 Å². The number of hydrogen-bond acceptors (Lipinski definition) is 17. The molecule has 63 heavy (non-hydrogen) atoms. The Balaban J connectivity index is 1.06. The van der Waals surface area contributed by atoms with Crippen molar-refractivity contribution >= 4 is 111 Å². The van der Waals surface area contributed by atoms with E-state index in [1.807, 2.05) is 0 Å². The predicted octanol–water partition coefficient (Wildman–Crippen LogP) is 5.58.